The average Bonchev–Trinajstić information content (AvgIpc) is 1.87. The quantitative estimate of drug-likeness (QED) is 0.523. The lowest BCUT2D eigenvalue weighted by Gasteiger charge is -1.94. The highest BCUT2D eigenvalue weighted by atomic mass is 13.9. The molecule has 58 valence electrons. The second-order valence-electron chi connectivity index (χ2n) is 3.01. The zero-order valence-electron chi connectivity index (χ0n) is 7.52. The highest BCUT2D eigenvalue weighted by Gasteiger charge is 1.84. The minimum atomic E-state index is 0.685. The summed E-state index contributed by atoms with van der Waals surface area (Å²) in [6.07, 6.45) is 7.74. The lowest BCUT2D eigenvalue weighted by atomic mass is 10.1. The molecule has 0 saturated carbocycles. The zero-order valence-corrected chi connectivity index (χ0v) is 7.52. The van der Waals surface area contributed by atoms with Gasteiger partial charge in [0, 0.05) is 0 Å². The van der Waals surface area contributed by atoms with E-state index in [9.17, 15) is 0 Å². The van der Waals surface area contributed by atoms with Gasteiger partial charge in [-0.2, -0.15) is 0 Å². The average molecular weight is 138 g/mol. The normalized spacial score (nSPS) is 13.5. The molecule has 0 amide bonds. The Morgan fingerprint density at radius 3 is 2.40 bits per heavy atom. The molecule has 0 spiro atoms. The van der Waals surface area contributed by atoms with Crippen molar-refractivity contribution >= 4 is 0 Å². The molecule has 0 aromatic carbocycles. The van der Waals surface area contributed by atoms with E-state index >= 15 is 0 Å². The fourth-order valence-corrected chi connectivity index (χ4v) is 0.644. The Bertz CT molecular complexity index is 127. The van der Waals surface area contributed by atoms with Crippen molar-refractivity contribution in [3.63, 3.8) is 0 Å². The molecule has 0 bridgehead atoms. The maximum Gasteiger partial charge on any atom is -0.0142 e. The highest BCUT2D eigenvalue weighted by molar-refractivity contribution is 5.03. The van der Waals surface area contributed by atoms with Crippen molar-refractivity contribution in [2.24, 2.45) is 5.92 Å². The molecule has 0 aromatic heterocycles. The third-order valence-electron chi connectivity index (χ3n) is 1.45. The number of allylic oxidation sites excluding steroid dienone is 4. The monoisotopic (exact) mass is 138 g/mol. The van der Waals surface area contributed by atoms with E-state index in [1.165, 1.54) is 5.57 Å². The van der Waals surface area contributed by atoms with Crippen LogP contribution in [0.4, 0.5) is 0 Å². The Morgan fingerprint density at radius 1 is 1.40 bits per heavy atom. The van der Waals surface area contributed by atoms with Crippen molar-refractivity contribution in [3.05, 3.63) is 23.8 Å². The fraction of sp³-hybridized carbons (Fsp3) is 0.600. The molecule has 0 heteroatoms. The second-order valence-corrected chi connectivity index (χ2v) is 3.01. The number of rotatable bonds is 3. The van der Waals surface area contributed by atoms with Crippen LogP contribution in [0.25, 0.3) is 0 Å². The van der Waals surface area contributed by atoms with Crippen LogP contribution in [0, 0.1) is 5.92 Å². The summed E-state index contributed by atoms with van der Waals surface area (Å²) in [6, 6.07) is 0. The summed E-state index contributed by atoms with van der Waals surface area (Å²) in [5.41, 5.74) is 1.44. The van der Waals surface area contributed by atoms with Gasteiger partial charge in [-0.05, 0) is 26.2 Å². The summed E-state index contributed by atoms with van der Waals surface area (Å²) >= 11 is 0. The SMILES string of the molecule is CC=C(C)C/C=C/C(C)C. The Hall–Kier alpha value is -0.520. The van der Waals surface area contributed by atoms with Crippen LogP contribution >= 0.6 is 0 Å². The summed E-state index contributed by atoms with van der Waals surface area (Å²) < 4.78 is 0. The smallest absolute Gasteiger partial charge is 0.0142 e. The molecule has 0 aliphatic heterocycles. The van der Waals surface area contributed by atoms with Gasteiger partial charge in [0.1, 0.15) is 0 Å². The topological polar surface area (TPSA) is 0 Å². The first-order valence-corrected chi connectivity index (χ1v) is 3.95. The summed E-state index contributed by atoms with van der Waals surface area (Å²) in [7, 11) is 0. The van der Waals surface area contributed by atoms with Crippen molar-refractivity contribution in [1.29, 1.82) is 0 Å². The minimum absolute atomic E-state index is 0.685. The highest BCUT2D eigenvalue weighted by Crippen LogP contribution is 2.02. The van der Waals surface area contributed by atoms with Gasteiger partial charge < -0.3 is 0 Å². The van der Waals surface area contributed by atoms with Gasteiger partial charge in [-0.1, -0.05) is 37.6 Å². The Labute approximate surface area is 64.6 Å². The van der Waals surface area contributed by atoms with Crippen LogP contribution in [-0.4, -0.2) is 0 Å². The van der Waals surface area contributed by atoms with Crippen LogP contribution in [0.15, 0.2) is 23.8 Å². The van der Waals surface area contributed by atoms with Crippen molar-refractivity contribution in [1.82, 2.24) is 0 Å². The molecule has 0 aliphatic carbocycles. The van der Waals surface area contributed by atoms with Crippen molar-refractivity contribution < 1.29 is 0 Å². The van der Waals surface area contributed by atoms with Crippen molar-refractivity contribution in [2.45, 2.75) is 34.1 Å². The second kappa shape index (κ2) is 5.28. The van der Waals surface area contributed by atoms with Gasteiger partial charge >= 0.3 is 0 Å². The molecule has 0 rings (SSSR count). The third kappa shape index (κ3) is 5.61. The van der Waals surface area contributed by atoms with Crippen molar-refractivity contribution in [3.8, 4) is 0 Å². The minimum Gasteiger partial charge on any atom is -0.0884 e. The predicted octanol–water partition coefficient (Wildman–Crippen LogP) is 3.55. The molecule has 0 aromatic rings. The maximum atomic E-state index is 2.24. The van der Waals surface area contributed by atoms with Crippen LogP contribution in [0.2, 0.25) is 0 Å². The summed E-state index contributed by atoms with van der Waals surface area (Å²) in [4.78, 5) is 0. The molecular weight excluding hydrogens is 120 g/mol. The fourth-order valence-electron chi connectivity index (χ4n) is 0.644. The lowest BCUT2D eigenvalue weighted by Crippen LogP contribution is -1.77. The predicted molar refractivity (Wildman–Crippen MR) is 48.0 cm³/mol. The van der Waals surface area contributed by atoms with Gasteiger partial charge in [0.2, 0.25) is 0 Å². The zero-order chi connectivity index (χ0) is 7.98. The molecule has 0 fully saturated rings. The van der Waals surface area contributed by atoms with Gasteiger partial charge in [0.25, 0.3) is 0 Å². The summed E-state index contributed by atoms with van der Waals surface area (Å²) in [6.45, 7) is 8.63. The maximum absolute atomic E-state index is 2.24. The van der Waals surface area contributed by atoms with Crippen LogP contribution in [-0.2, 0) is 0 Å². The Balaban J connectivity index is 3.54. The molecule has 0 saturated heterocycles. The van der Waals surface area contributed by atoms with Gasteiger partial charge in [0.15, 0.2) is 0 Å². The van der Waals surface area contributed by atoms with E-state index in [1.54, 1.807) is 0 Å². The molecule has 0 N–H and O–H groups in total. The number of hydrogen-bond acceptors (Lipinski definition) is 0. The Kier molecular flexibility index (Phi) is 5.00. The van der Waals surface area contributed by atoms with Gasteiger partial charge in [-0.25, -0.2) is 0 Å². The molecule has 0 nitrogen and oxygen atoms in total. The molecular formula is C10H18. The first kappa shape index (κ1) is 9.48. The molecule has 10 heavy (non-hydrogen) atoms. The van der Waals surface area contributed by atoms with E-state index in [0.717, 1.165) is 6.42 Å². The van der Waals surface area contributed by atoms with Crippen LogP contribution in [0.1, 0.15) is 34.1 Å². The van der Waals surface area contributed by atoms with E-state index in [2.05, 4.69) is 45.9 Å². The van der Waals surface area contributed by atoms with Gasteiger partial charge in [-0.15, -0.1) is 0 Å². The van der Waals surface area contributed by atoms with E-state index < -0.39 is 0 Å². The number of hydrogen-bond donors (Lipinski definition) is 0. The first-order chi connectivity index (χ1) is 4.66. The van der Waals surface area contributed by atoms with Crippen molar-refractivity contribution in [2.75, 3.05) is 0 Å². The molecule has 0 heterocycles. The molecule has 0 unspecified atom stereocenters. The summed E-state index contributed by atoms with van der Waals surface area (Å²) in [5, 5.41) is 0. The molecule has 0 atom stereocenters. The molecule has 0 aliphatic rings. The molecule has 0 radical (unpaired) electrons. The van der Waals surface area contributed by atoms with Gasteiger partial charge in [-0.3, -0.25) is 0 Å². The van der Waals surface area contributed by atoms with E-state index in [-0.39, 0.29) is 0 Å². The van der Waals surface area contributed by atoms with E-state index in [1.807, 2.05) is 0 Å². The van der Waals surface area contributed by atoms with Gasteiger partial charge in [0.05, 0.1) is 0 Å². The van der Waals surface area contributed by atoms with E-state index in [0.29, 0.717) is 5.92 Å². The van der Waals surface area contributed by atoms with Crippen LogP contribution in [0.3, 0.4) is 0 Å². The summed E-state index contributed by atoms with van der Waals surface area (Å²) in [5.74, 6) is 0.685. The third-order valence-corrected chi connectivity index (χ3v) is 1.45. The van der Waals surface area contributed by atoms with Crippen LogP contribution in [0.5, 0.6) is 0 Å². The first-order valence-electron chi connectivity index (χ1n) is 3.95. The largest absolute Gasteiger partial charge is 0.0884 e. The Morgan fingerprint density at radius 2 is 2.00 bits per heavy atom. The lowest BCUT2D eigenvalue weighted by molar-refractivity contribution is 0.827. The standard InChI is InChI=1S/C10H18/c1-5-10(4)8-6-7-9(2)3/h5-7,9H,8H2,1-4H3/b7-6+,10-5?. The van der Waals surface area contributed by atoms with E-state index in [4.69, 9.17) is 0 Å². The van der Waals surface area contributed by atoms with Crippen LogP contribution < -0.4 is 0 Å².